The molecule has 4 nitrogen and oxygen atoms in total. The summed E-state index contributed by atoms with van der Waals surface area (Å²) < 4.78 is 25.0. The number of rotatable bonds is 2. The van der Waals surface area contributed by atoms with Crippen LogP contribution in [0.15, 0.2) is 36.1 Å². The van der Waals surface area contributed by atoms with E-state index in [4.69, 9.17) is 9.47 Å². The van der Waals surface area contributed by atoms with Crippen molar-refractivity contribution in [3.63, 3.8) is 0 Å². The number of carbonyl (C=O) groups is 1. The minimum Gasteiger partial charge on any atom is -0.478 e. The van der Waals surface area contributed by atoms with Crippen LogP contribution in [0.25, 0.3) is 6.08 Å². The molecule has 2 aromatic carbocycles. The summed E-state index contributed by atoms with van der Waals surface area (Å²) in [6.45, 7) is 3.22. The molecule has 2 aliphatic heterocycles. The predicted molar refractivity (Wildman–Crippen MR) is 94.6 cm³/mol. The van der Waals surface area contributed by atoms with Crippen LogP contribution in [0.3, 0.4) is 0 Å². The van der Waals surface area contributed by atoms with Gasteiger partial charge in [0.1, 0.15) is 24.0 Å². The Morgan fingerprint density at radius 2 is 2.00 bits per heavy atom. The highest BCUT2D eigenvalue weighted by Gasteiger charge is 2.38. The number of ketones is 1. The van der Waals surface area contributed by atoms with Gasteiger partial charge in [-0.3, -0.25) is 9.69 Å². The molecule has 5 rings (SSSR count). The quantitative estimate of drug-likeness (QED) is 0.765. The molecule has 0 saturated heterocycles. The fourth-order valence-corrected chi connectivity index (χ4v) is 3.63. The molecular weight excluding hydrogens is 333 g/mol. The summed E-state index contributed by atoms with van der Waals surface area (Å²) in [6.07, 6.45) is 4.06. The van der Waals surface area contributed by atoms with Gasteiger partial charge < -0.3 is 9.47 Å². The molecule has 0 spiro atoms. The van der Waals surface area contributed by atoms with Gasteiger partial charge in [-0.25, -0.2) is 4.39 Å². The van der Waals surface area contributed by atoms with Crippen molar-refractivity contribution < 1.29 is 18.7 Å². The number of nitrogens with zero attached hydrogens (tertiary/aromatic N) is 1. The van der Waals surface area contributed by atoms with Gasteiger partial charge in [-0.2, -0.15) is 0 Å². The van der Waals surface area contributed by atoms with Crippen molar-refractivity contribution in [1.82, 2.24) is 4.90 Å². The summed E-state index contributed by atoms with van der Waals surface area (Å²) in [7, 11) is 0. The Morgan fingerprint density at radius 1 is 1.23 bits per heavy atom. The lowest BCUT2D eigenvalue weighted by Crippen LogP contribution is -2.34. The van der Waals surface area contributed by atoms with Crippen LogP contribution >= 0.6 is 0 Å². The molecule has 1 aliphatic carbocycles. The van der Waals surface area contributed by atoms with Crippen LogP contribution < -0.4 is 9.47 Å². The smallest absolute Gasteiger partial charge is 0.232 e. The number of allylic oxidation sites excluding steroid dienone is 1. The molecule has 0 atom stereocenters. The topological polar surface area (TPSA) is 38.8 Å². The number of fused-ring (bicyclic) bond motifs is 3. The minimum absolute atomic E-state index is 0.131. The van der Waals surface area contributed by atoms with E-state index in [1.165, 1.54) is 25.0 Å². The van der Waals surface area contributed by atoms with Crippen molar-refractivity contribution >= 4 is 11.9 Å². The van der Waals surface area contributed by atoms with Crippen molar-refractivity contribution in [2.75, 3.05) is 6.73 Å². The maximum absolute atomic E-state index is 13.1. The molecule has 1 fully saturated rings. The molecule has 1 saturated carbocycles. The van der Waals surface area contributed by atoms with Gasteiger partial charge in [0.05, 0.1) is 11.1 Å². The van der Waals surface area contributed by atoms with Gasteiger partial charge in [-0.1, -0.05) is 12.1 Å². The molecule has 2 aromatic rings. The van der Waals surface area contributed by atoms with Gasteiger partial charge >= 0.3 is 0 Å². The van der Waals surface area contributed by atoms with Gasteiger partial charge in [0.15, 0.2) is 5.76 Å². The van der Waals surface area contributed by atoms with Crippen LogP contribution in [-0.4, -0.2) is 23.5 Å². The lowest BCUT2D eigenvalue weighted by Gasteiger charge is -2.30. The van der Waals surface area contributed by atoms with E-state index in [-0.39, 0.29) is 17.4 Å². The fourth-order valence-electron chi connectivity index (χ4n) is 3.63. The highest BCUT2D eigenvalue weighted by molar-refractivity contribution is 6.15. The third-order valence-electron chi connectivity index (χ3n) is 5.18. The SMILES string of the molecule is Cc1cc2c(c3c1C(=O)/C(=C/c1ccc(F)cc1)O3)CN(C1CC1)CO2. The average molecular weight is 351 g/mol. The third kappa shape index (κ3) is 2.51. The number of carbonyl (C=O) groups excluding carboxylic acids is 1. The molecule has 0 aromatic heterocycles. The number of ether oxygens (including phenoxy) is 2. The molecule has 2 heterocycles. The molecule has 0 N–H and O–H groups in total. The van der Waals surface area contributed by atoms with Crippen LogP contribution in [-0.2, 0) is 6.54 Å². The summed E-state index contributed by atoms with van der Waals surface area (Å²) in [6, 6.07) is 8.50. The maximum atomic E-state index is 13.1. The predicted octanol–water partition coefficient (Wildman–Crippen LogP) is 4.06. The maximum Gasteiger partial charge on any atom is 0.232 e. The molecular formula is C21H18FNO3. The zero-order valence-electron chi connectivity index (χ0n) is 14.4. The molecule has 0 amide bonds. The van der Waals surface area contributed by atoms with E-state index in [9.17, 15) is 9.18 Å². The van der Waals surface area contributed by atoms with Crippen molar-refractivity contribution in [1.29, 1.82) is 0 Å². The summed E-state index contributed by atoms with van der Waals surface area (Å²) in [5, 5.41) is 0. The first-order chi connectivity index (χ1) is 12.6. The highest BCUT2D eigenvalue weighted by Crippen LogP contribution is 2.45. The summed E-state index contributed by atoms with van der Waals surface area (Å²) >= 11 is 0. The molecule has 132 valence electrons. The van der Waals surface area contributed by atoms with Crippen molar-refractivity contribution in [2.45, 2.75) is 32.4 Å². The second-order valence-electron chi connectivity index (χ2n) is 7.12. The van der Waals surface area contributed by atoms with Gasteiger partial charge in [-0.15, -0.1) is 0 Å². The Kier molecular flexibility index (Phi) is 3.40. The number of hydrogen-bond acceptors (Lipinski definition) is 4. The molecule has 0 unspecified atom stereocenters. The molecule has 0 radical (unpaired) electrons. The van der Waals surface area contributed by atoms with Gasteiger partial charge in [0, 0.05) is 12.6 Å². The third-order valence-corrected chi connectivity index (χ3v) is 5.18. The van der Waals surface area contributed by atoms with E-state index in [0.717, 1.165) is 29.0 Å². The average Bonchev–Trinajstić information content (AvgIpc) is 3.42. The largest absolute Gasteiger partial charge is 0.478 e. The Balaban J connectivity index is 1.54. The lowest BCUT2D eigenvalue weighted by atomic mass is 9.98. The Labute approximate surface area is 150 Å². The van der Waals surface area contributed by atoms with Crippen LogP contribution in [0.2, 0.25) is 0 Å². The van der Waals surface area contributed by atoms with E-state index in [1.54, 1.807) is 18.2 Å². The standard InChI is InChI=1S/C21H18FNO3/c1-12-8-17-16(10-23(11-25-17)15-6-7-15)21-19(12)20(24)18(26-21)9-13-2-4-14(22)5-3-13/h2-5,8-9,15H,6-7,10-11H2,1H3/b18-9-. The van der Waals surface area contributed by atoms with Crippen LogP contribution in [0, 0.1) is 12.7 Å². The summed E-state index contributed by atoms with van der Waals surface area (Å²) in [5.41, 5.74) is 3.13. The molecule has 26 heavy (non-hydrogen) atoms. The van der Waals surface area contributed by atoms with Gasteiger partial charge in [0.25, 0.3) is 0 Å². The summed E-state index contributed by atoms with van der Waals surface area (Å²) in [4.78, 5) is 15.2. The zero-order valence-corrected chi connectivity index (χ0v) is 14.4. The number of benzene rings is 2. The molecule has 0 bridgehead atoms. The Hall–Kier alpha value is -2.66. The van der Waals surface area contributed by atoms with Crippen LogP contribution in [0.5, 0.6) is 11.5 Å². The number of Topliss-reactive ketones (excluding diaryl/α,β-unsaturated/α-hetero) is 1. The Bertz CT molecular complexity index is 945. The first-order valence-corrected chi connectivity index (χ1v) is 8.83. The second-order valence-corrected chi connectivity index (χ2v) is 7.12. The zero-order chi connectivity index (χ0) is 17.8. The van der Waals surface area contributed by atoms with E-state index in [2.05, 4.69) is 4.90 Å². The normalized spacial score (nSPS) is 20.5. The van der Waals surface area contributed by atoms with Crippen molar-refractivity contribution in [2.24, 2.45) is 0 Å². The summed E-state index contributed by atoms with van der Waals surface area (Å²) in [5.74, 6) is 1.24. The highest BCUT2D eigenvalue weighted by atomic mass is 19.1. The number of halogens is 1. The van der Waals surface area contributed by atoms with Gasteiger partial charge in [0.2, 0.25) is 5.78 Å². The van der Waals surface area contributed by atoms with E-state index in [0.29, 0.717) is 24.1 Å². The van der Waals surface area contributed by atoms with Crippen LogP contribution in [0.4, 0.5) is 4.39 Å². The second kappa shape index (κ2) is 5.68. The first kappa shape index (κ1) is 15.6. The first-order valence-electron chi connectivity index (χ1n) is 8.83. The van der Waals surface area contributed by atoms with E-state index >= 15 is 0 Å². The monoisotopic (exact) mass is 351 g/mol. The molecule has 3 aliphatic rings. The van der Waals surface area contributed by atoms with Gasteiger partial charge in [-0.05, 0) is 55.2 Å². The fraction of sp³-hybridized carbons (Fsp3) is 0.286. The van der Waals surface area contributed by atoms with E-state index < -0.39 is 0 Å². The number of hydrogen-bond donors (Lipinski definition) is 0. The lowest BCUT2D eigenvalue weighted by molar-refractivity contribution is 0.0867. The Morgan fingerprint density at radius 3 is 2.73 bits per heavy atom. The van der Waals surface area contributed by atoms with Crippen LogP contribution in [0.1, 0.15) is 39.9 Å². The molecule has 5 heteroatoms. The van der Waals surface area contributed by atoms with E-state index in [1.807, 2.05) is 13.0 Å². The van der Waals surface area contributed by atoms with Crippen molar-refractivity contribution in [3.05, 3.63) is 64.2 Å². The minimum atomic E-state index is -0.309. The number of aryl methyl sites for hydroxylation is 1. The van der Waals surface area contributed by atoms with Crippen molar-refractivity contribution in [3.8, 4) is 11.5 Å².